The summed E-state index contributed by atoms with van der Waals surface area (Å²) in [5.74, 6) is -1.28. The molecule has 7 heteroatoms. The zero-order valence-corrected chi connectivity index (χ0v) is 14.4. The van der Waals surface area contributed by atoms with E-state index in [0.717, 1.165) is 12.8 Å². The van der Waals surface area contributed by atoms with Crippen molar-refractivity contribution in [2.24, 2.45) is 5.92 Å². The lowest BCUT2D eigenvalue weighted by Gasteiger charge is -2.07. The van der Waals surface area contributed by atoms with Gasteiger partial charge in [-0.2, -0.15) is 0 Å². The van der Waals surface area contributed by atoms with E-state index in [0.29, 0.717) is 16.8 Å². The summed E-state index contributed by atoms with van der Waals surface area (Å²) in [4.78, 5) is 35.5. The number of benzene rings is 2. The number of nitrogens with one attached hydrogen (secondary N) is 3. The molecular weight excluding hydrogens is 349 g/mol. The molecule has 27 heavy (non-hydrogen) atoms. The summed E-state index contributed by atoms with van der Waals surface area (Å²) in [6.07, 6.45) is 4.56. The number of rotatable bonds is 5. The topological polar surface area (TPSA) is 87.3 Å². The maximum Gasteiger partial charge on any atom is 0.269 e. The molecule has 3 amide bonds. The molecule has 1 saturated carbocycles. The van der Waals surface area contributed by atoms with Crippen LogP contribution in [0.1, 0.15) is 28.8 Å². The molecular formula is C20H18FN3O3. The van der Waals surface area contributed by atoms with E-state index >= 15 is 0 Å². The molecule has 6 nitrogen and oxygen atoms in total. The Bertz CT molecular complexity index is 872. The number of amides is 3. The van der Waals surface area contributed by atoms with Gasteiger partial charge in [-0.25, -0.2) is 4.39 Å². The van der Waals surface area contributed by atoms with Gasteiger partial charge in [-0.05, 0) is 60.9 Å². The van der Waals surface area contributed by atoms with E-state index in [2.05, 4.69) is 16.2 Å². The van der Waals surface area contributed by atoms with Crippen LogP contribution in [0.4, 0.5) is 10.1 Å². The fourth-order valence-corrected chi connectivity index (χ4v) is 2.27. The monoisotopic (exact) mass is 367 g/mol. The Kier molecular flexibility index (Phi) is 5.61. The first-order chi connectivity index (χ1) is 13.0. The second kappa shape index (κ2) is 8.27. The maximum absolute atomic E-state index is 12.8. The first kappa shape index (κ1) is 18.3. The highest BCUT2D eigenvalue weighted by molar-refractivity contribution is 5.99. The molecule has 0 aromatic heterocycles. The van der Waals surface area contributed by atoms with Gasteiger partial charge < -0.3 is 5.32 Å². The van der Waals surface area contributed by atoms with Crippen LogP contribution in [0.2, 0.25) is 0 Å². The highest BCUT2D eigenvalue weighted by Gasteiger charge is 2.29. The summed E-state index contributed by atoms with van der Waals surface area (Å²) < 4.78 is 12.8. The van der Waals surface area contributed by atoms with Crippen LogP contribution < -0.4 is 16.2 Å². The second-order valence-corrected chi connectivity index (χ2v) is 6.17. The number of hydrogen-bond acceptors (Lipinski definition) is 3. The fourth-order valence-electron chi connectivity index (χ4n) is 2.27. The molecule has 3 rings (SSSR count). The third-order valence-corrected chi connectivity index (χ3v) is 3.96. The molecule has 2 aromatic carbocycles. The molecule has 0 bridgehead atoms. The molecule has 0 saturated heterocycles. The van der Waals surface area contributed by atoms with E-state index in [4.69, 9.17) is 0 Å². The molecule has 138 valence electrons. The normalized spacial score (nSPS) is 13.2. The minimum atomic E-state index is -0.527. The highest BCUT2D eigenvalue weighted by Crippen LogP contribution is 2.30. The molecule has 0 spiro atoms. The van der Waals surface area contributed by atoms with E-state index in [1.165, 1.54) is 36.4 Å². The smallest absolute Gasteiger partial charge is 0.269 e. The molecule has 3 N–H and O–H groups in total. The molecule has 1 aliphatic carbocycles. The van der Waals surface area contributed by atoms with Crippen molar-refractivity contribution >= 4 is 29.5 Å². The number of halogens is 1. The van der Waals surface area contributed by atoms with E-state index in [-0.39, 0.29) is 17.6 Å². The zero-order chi connectivity index (χ0) is 19.2. The summed E-state index contributed by atoms with van der Waals surface area (Å²) in [5, 5.41) is 2.78. The van der Waals surface area contributed by atoms with Gasteiger partial charge >= 0.3 is 0 Å². The molecule has 0 heterocycles. The summed E-state index contributed by atoms with van der Waals surface area (Å²) in [5.41, 5.74) is 6.17. The highest BCUT2D eigenvalue weighted by atomic mass is 19.1. The van der Waals surface area contributed by atoms with Gasteiger partial charge in [-0.15, -0.1) is 0 Å². The maximum atomic E-state index is 12.8. The van der Waals surface area contributed by atoms with Crippen molar-refractivity contribution in [3.05, 3.63) is 71.6 Å². The summed E-state index contributed by atoms with van der Waals surface area (Å²) >= 11 is 0. The van der Waals surface area contributed by atoms with Crippen LogP contribution in [0.15, 0.2) is 54.6 Å². The number of hydrazine groups is 1. The lowest BCUT2D eigenvalue weighted by Crippen LogP contribution is -2.40. The Hall–Kier alpha value is -3.48. The third-order valence-electron chi connectivity index (χ3n) is 3.96. The van der Waals surface area contributed by atoms with Gasteiger partial charge in [-0.1, -0.05) is 12.1 Å². The molecule has 0 atom stereocenters. The van der Waals surface area contributed by atoms with Crippen molar-refractivity contribution in [3.8, 4) is 0 Å². The van der Waals surface area contributed by atoms with Gasteiger partial charge in [0.25, 0.3) is 11.8 Å². The van der Waals surface area contributed by atoms with Crippen molar-refractivity contribution in [1.29, 1.82) is 0 Å². The summed E-state index contributed by atoms with van der Waals surface area (Å²) in [7, 11) is 0. The van der Waals surface area contributed by atoms with E-state index < -0.39 is 11.8 Å². The Balaban J connectivity index is 1.47. The number of carbonyl (C=O) groups excluding carboxylic acids is 3. The molecule has 1 aliphatic rings. The molecule has 2 aromatic rings. The Morgan fingerprint density at radius 3 is 2.22 bits per heavy atom. The van der Waals surface area contributed by atoms with Gasteiger partial charge in [0.1, 0.15) is 5.82 Å². The van der Waals surface area contributed by atoms with Crippen molar-refractivity contribution in [3.63, 3.8) is 0 Å². The van der Waals surface area contributed by atoms with E-state index in [1.807, 2.05) is 0 Å². The summed E-state index contributed by atoms with van der Waals surface area (Å²) in [6, 6.07) is 12.0. The number of hydrogen-bond donors (Lipinski definition) is 3. The molecule has 1 fully saturated rings. The van der Waals surface area contributed by atoms with E-state index in [1.54, 1.807) is 24.3 Å². The third kappa shape index (κ3) is 5.50. The lowest BCUT2D eigenvalue weighted by molar-refractivity contribution is -0.118. The minimum Gasteiger partial charge on any atom is -0.326 e. The van der Waals surface area contributed by atoms with Crippen molar-refractivity contribution in [2.45, 2.75) is 12.8 Å². The van der Waals surface area contributed by atoms with Crippen molar-refractivity contribution in [2.75, 3.05) is 5.32 Å². The van der Waals surface area contributed by atoms with Gasteiger partial charge in [-0.3, -0.25) is 25.2 Å². The first-order valence-corrected chi connectivity index (χ1v) is 8.46. The van der Waals surface area contributed by atoms with Crippen LogP contribution in [0.3, 0.4) is 0 Å². The van der Waals surface area contributed by atoms with Gasteiger partial charge in [0.05, 0.1) is 0 Å². The van der Waals surface area contributed by atoms with Gasteiger partial charge in [0, 0.05) is 23.2 Å². The molecule has 0 radical (unpaired) electrons. The minimum absolute atomic E-state index is 0.00703. The van der Waals surface area contributed by atoms with Crippen LogP contribution in [-0.4, -0.2) is 17.7 Å². The predicted molar refractivity (Wildman–Crippen MR) is 98.8 cm³/mol. The van der Waals surface area contributed by atoms with Gasteiger partial charge in [0.15, 0.2) is 0 Å². The number of carbonyl (C=O) groups is 3. The van der Waals surface area contributed by atoms with Crippen LogP contribution in [-0.2, 0) is 9.59 Å². The predicted octanol–water partition coefficient (Wildman–Crippen LogP) is 2.65. The second-order valence-electron chi connectivity index (χ2n) is 6.17. The van der Waals surface area contributed by atoms with E-state index in [9.17, 15) is 18.8 Å². The lowest BCUT2D eigenvalue weighted by atomic mass is 10.2. The molecule has 0 unspecified atom stereocenters. The summed E-state index contributed by atoms with van der Waals surface area (Å²) in [6.45, 7) is 0. The largest absolute Gasteiger partial charge is 0.326 e. The zero-order valence-electron chi connectivity index (χ0n) is 14.4. The first-order valence-electron chi connectivity index (χ1n) is 8.46. The van der Waals surface area contributed by atoms with Crippen LogP contribution >= 0.6 is 0 Å². The van der Waals surface area contributed by atoms with Crippen LogP contribution in [0, 0.1) is 11.7 Å². The average Bonchev–Trinajstić information content (AvgIpc) is 3.51. The Labute approximate surface area is 155 Å². The van der Waals surface area contributed by atoms with Crippen LogP contribution in [0.25, 0.3) is 6.08 Å². The average molecular weight is 367 g/mol. The molecule has 0 aliphatic heterocycles. The van der Waals surface area contributed by atoms with Crippen LogP contribution in [0.5, 0.6) is 0 Å². The fraction of sp³-hybridized carbons (Fsp3) is 0.150. The van der Waals surface area contributed by atoms with Crippen molar-refractivity contribution < 1.29 is 18.8 Å². The Morgan fingerprint density at radius 2 is 1.59 bits per heavy atom. The Morgan fingerprint density at radius 1 is 0.926 bits per heavy atom. The number of anilines is 1. The SMILES string of the molecule is O=C(/C=C/c1ccc(F)cc1)NNC(=O)c1ccc(NC(=O)C2CC2)cc1. The quantitative estimate of drug-likeness (QED) is 0.561. The van der Waals surface area contributed by atoms with Gasteiger partial charge in [0.2, 0.25) is 5.91 Å². The van der Waals surface area contributed by atoms with Crippen molar-refractivity contribution in [1.82, 2.24) is 10.9 Å². The standard InChI is InChI=1S/C20H18FN3O3/c21-16-8-1-13(2-9-16)3-12-18(25)23-24-20(27)15-6-10-17(11-7-15)22-19(26)14-4-5-14/h1-3,6-12,14H,4-5H2,(H,22,26)(H,23,25)(H,24,27)/b12-3+.